The normalized spacial score (nSPS) is 20.9. The first-order valence-electron chi connectivity index (χ1n) is 12.2. The summed E-state index contributed by atoms with van der Waals surface area (Å²) in [4.78, 5) is 9.70. The van der Waals surface area contributed by atoms with E-state index in [-0.39, 0.29) is 35.6 Å². The summed E-state index contributed by atoms with van der Waals surface area (Å²) in [6.45, 7) is 9.54. The Labute approximate surface area is 212 Å². The molecule has 0 bridgehead atoms. The van der Waals surface area contributed by atoms with Crippen LogP contribution in [0, 0.1) is 0 Å². The van der Waals surface area contributed by atoms with Crippen LogP contribution in [-0.2, 0) is 4.74 Å². The molecular formula is C25H44IN5O. The van der Waals surface area contributed by atoms with Crippen LogP contribution in [0.2, 0.25) is 0 Å². The van der Waals surface area contributed by atoms with Gasteiger partial charge >= 0.3 is 0 Å². The van der Waals surface area contributed by atoms with Crippen molar-refractivity contribution in [3.8, 4) is 0 Å². The fourth-order valence-corrected chi connectivity index (χ4v) is 4.84. The van der Waals surface area contributed by atoms with Crippen molar-refractivity contribution in [1.29, 1.82) is 0 Å². The van der Waals surface area contributed by atoms with Crippen LogP contribution in [0.4, 0.5) is 0 Å². The van der Waals surface area contributed by atoms with E-state index in [0.29, 0.717) is 0 Å². The van der Waals surface area contributed by atoms with E-state index in [0.717, 1.165) is 32.1 Å². The lowest BCUT2D eigenvalue weighted by Gasteiger charge is -2.50. The largest absolute Gasteiger partial charge is 0.374 e. The van der Waals surface area contributed by atoms with Crippen molar-refractivity contribution >= 4 is 29.9 Å². The van der Waals surface area contributed by atoms with Crippen molar-refractivity contribution in [2.24, 2.45) is 4.99 Å². The maximum atomic E-state index is 5.99. The van der Waals surface area contributed by atoms with E-state index < -0.39 is 0 Å². The number of benzene rings is 1. The molecule has 182 valence electrons. The van der Waals surface area contributed by atoms with Crippen molar-refractivity contribution in [2.45, 2.75) is 57.1 Å². The second-order valence-electron chi connectivity index (χ2n) is 9.21. The molecule has 0 aliphatic carbocycles. The first-order chi connectivity index (χ1) is 15.1. The lowest BCUT2D eigenvalue weighted by molar-refractivity contribution is 0.0173. The number of aliphatic imine (C=N–C) groups is 1. The fraction of sp³-hybridized carbons (Fsp3) is 0.720. The van der Waals surface area contributed by atoms with Gasteiger partial charge in [-0.25, -0.2) is 0 Å². The molecule has 0 radical (unpaired) electrons. The molecule has 2 N–H and O–H groups in total. The third kappa shape index (κ3) is 8.15. The number of likely N-dealkylation sites (tertiary alicyclic amines) is 2. The summed E-state index contributed by atoms with van der Waals surface area (Å²) in [6, 6.07) is 10.4. The van der Waals surface area contributed by atoms with E-state index in [2.05, 4.69) is 63.7 Å². The van der Waals surface area contributed by atoms with Gasteiger partial charge in [0.15, 0.2) is 5.96 Å². The molecule has 1 atom stereocenters. The summed E-state index contributed by atoms with van der Waals surface area (Å²) >= 11 is 0. The first kappa shape index (κ1) is 27.3. The Bertz CT molecular complexity index is 658. The zero-order valence-electron chi connectivity index (χ0n) is 20.3. The summed E-state index contributed by atoms with van der Waals surface area (Å²) in [7, 11) is 4.11. The molecule has 1 aromatic rings. The first-order valence-corrected chi connectivity index (χ1v) is 12.2. The topological polar surface area (TPSA) is 52.1 Å². The summed E-state index contributed by atoms with van der Waals surface area (Å²) in [6.07, 6.45) is 7.62. The predicted molar refractivity (Wildman–Crippen MR) is 145 cm³/mol. The molecule has 1 aromatic carbocycles. The van der Waals surface area contributed by atoms with Gasteiger partial charge in [0.2, 0.25) is 0 Å². The average molecular weight is 558 g/mol. The summed E-state index contributed by atoms with van der Waals surface area (Å²) in [5, 5.41) is 7.14. The van der Waals surface area contributed by atoms with E-state index >= 15 is 0 Å². The molecule has 0 aromatic heterocycles. The molecule has 2 aliphatic heterocycles. The van der Waals surface area contributed by atoms with Crippen LogP contribution in [0.15, 0.2) is 35.3 Å². The van der Waals surface area contributed by atoms with Crippen molar-refractivity contribution in [1.82, 2.24) is 20.4 Å². The number of hydrogen-bond acceptors (Lipinski definition) is 4. The lowest BCUT2D eigenvalue weighted by Crippen LogP contribution is -2.62. The van der Waals surface area contributed by atoms with Gasteiger partial charge in [-0.2, -0.15) is 0 Å². The van der Waals surface area contributed by atoms with Gasteiger partial charge in [0, 0.05) is 32.3 Å². The van der Waals surface area contributed by atoms with Crippen LogP contribution in [0.3, 0.4) is 0 Å². The Hall–Kier alpha value is -0.900. The smallest absolute Gasteiger partial charge is 0.191 e. The van der Waals surface area contributed by atoms with Crippen LogP contribution >= 0.6 is 24.0 Å². The van der Waals surface area contributed by atoms with Gasteiger partial charge in [-0.15, -0.1) is 24.0 Å². The van der Waals surface area contributed by atoms with Gasteiger partial charge in [0.1, 0.15) is 0 Å². The molecule has 0 saturated carbocycles. The number of hydrogen-bond donors (Lipinski definition) is 2. The van der Waals surface area contributed by atoms with Gasteiger partial charge in [0.25, 0.3) is 0 Å². The van der Waals surface area contributed by atoms with E-state index in [4.69, 9.17) is 4.74 Å². The van der Waals surface area contributed by atoms with E-state index in [1.807, 2.05) is 13.1 Å². The zero-order chi connectivity index (χ0) is 21.9. The Morgan fingerprint density at radius 1 is 1.06 bits per heavy atom. The number of ether oxygens (including phenoxy) is 1. The summed E-state index contributed by atoms with van der Waals surface area (Å²) in [5.41, 5.74) is 1.49. The molecule has 3 rings (SSSR count). The standard InChI is InChI=1S/C25H43N5O.HI/c1-22(23-11-6-4-7-12-23)31-20-10-15-27-24(26-2)28-21-25(13-18-29(3)19-14-25)30-16-8-5-9-17-30;/h4,6-7,11-12,22H,5,8-10,13-21H2,1-3H3,(H2,26,27,28);1H. The van der Waals surface area contributed by atoms with Crippen molar-refractivity contribution < 1.29 is 4.74 Å². The van der Waals surface area contributed by atoms with Crippen LogP contribution in [0.25, 0.3) is 0 Å². The highest BCUT2D eigenvalue weighted by Crippen LogP contribution is 2.30. The molecule has 6 nitrogen and oxygen atoms in total. The van der Waals surface area contributed by atoms with Crippen molar-refractivity contribution in [3.05, 3.63) is 35.9 Å². The molecule has 0 spiro atoms. The molecule has 32 heavy (non-hydrogen) atoms. The third-order valence-corrected chi connectivity index (χ3v) is 7.00. The lowest BCUT2D eigenvalue weighted by atomic mass is 9.84. The van der Waals surface area contributed by atoms with Gasteiger partial charge in [-0.3, -0.25) is 9.89 Å². The Kier molecular flexibility index (Phi) is 12.3. The van der Waals surface area contributed by atoms with E-state index in [1.54, 1.807) is 0 Å². The van der Waals surface area contributed by atoms with Gasteiger partial charge in [-0.05, 0) is 77.8 Å². The number of rotatable bonds is 9. The number of piperidine rings is 2. The molecule has 2 fully saturated rings. The van der Waals surface area contributed by atoms with Crippen LogP contribution < -0.4 is 10.6 Å². The Balaban J connectivity index is 0.00000363. The van der Waals surface area contributed by atoms with Crippen LogP contribution in [0.5, 0.6) is 0 Å². The highest BCUT2D eigenvalue weighted by molar-refractivity contribution is 14.0. The number of nitrogens with zero attached hydrogens (tertiary/aromatic N) is 3. The zero-order valence-corrected chi connectivity index (χ0v) is 22.6. The van der Waals surface area contributed by atoms with Gasteiger partial charge in [0.05, 0.1) is 6.10 Å². The minimum absolute atomic E-state index is 0. The van der Waals surface area contributed by atoms with Crippen LogP contribution in [-0.4, -0.2) is 81.3 Å². The Morgan fingerprint density at radius 2 is 1.75 bits per heavy atom. The number of guanidine groups is 1. The second kappa shape index (κ2) is 14.4. The highest BCUT2D eigenvalue weighted by Gasteiger charge is 2.39. The van der Waals surface area contributed by atoms with Gasteiger partial charge < -0.3 is 20.3 Å². The monoisotopic (exact) mass is 557 g/mol. The Morgan fingerprint density at radius 3 is 2.41 bits per heavy atom. The van der Waals surface area contributed by atoms with Crippen LogP contribution in [0.1, 0.15) is 57.1 Å². The minimum atomic E-state index is 0. The molecule has 2 aliphatic rings. The number of nitrogens with one attached hydrogen (secondary N) is 2. The second-order valence-corrected chi connectivity index (χ2v) is 9.21. The molecule has 0 amide bonds. The SMILES string of the molecule is CN=C(NCCCOC(C)c1ccccc1)NCC1(N2CCCCC2)CCN(C)CC1.I. The van der Waals surface area contributed by atoms with E-state index in [1.165, 1.54) is 63.8 Å². The third-order valence-electron chi connectivity index (χ3n) is 7.00. The average Bonchev–Trinajstić information content (AvgIpc) is 2.83. The molecule has 1 unspecified atom stereocenters. The van der Waals surface area contributed by atoms with Crippen molar-refractivity contribution in [3.63, 3.8) is 0 Å². The summed E-state index contributed by atoms with van der Waals surface area (Å²) < 4.78 is 5.99. The molecule has 2 heterocycles. The minimum Gasteiger partial charge on any atom is -0.374 e. The quantitative estimate of drug-likeness (QED) is 0.209. The highest BCUT2D eigenvalue weighted by atomic mass is 127. The fourth-order valence-electron chi connectivity index (χ4n) is 4.84. The molecular weight excluding hydrogens is 513 g/mol. The maximum Gasteiger partial charge on any atom is 0.191 e. The van der Waals surface area contributed by atoms with E-state index in [9.17, 15) is 0 Å². The maximum absolute atomic E-state index is 5.99. The number of halogens is 1. The molecule has 2 saturated heterocycles. The van der Waals surface area contributed by atoms with Gasteiger partial charge in [-0.1, -0.05) is 36.8 Å². The predicted octanol–water partition coefficient (Wildman–Crippen LogP) is 3.89. The van der Waals surface area contributed by atoms with Crippen molar-refractivity contribution in [2.75, 3.05) is 60.0 Å². The summed E-state index contributed by atoms with van der Waals surface area (Å²) in [5.74, 6) is 0.909. The molecule has 7 heteroatoms.